The highest BCUT2D eigenvalue weighted by molar-refractivity contribution is 5.80. The van der Waals surface area contributed by atoms with Crippen LogP contribution in [0.5, 0.6) is 0 Å². The van der Waals surface area contributed by atoms with Crippen molar-refractivity contribution in [3.8, 4) is 0 Å². The molecule has 1 aromatic rings. The maximum Gasteiger partial charge on any atom is 0.317 e. The lowest BCUT2D eigenvalue weighted by Crippen LogP contribution is -2.44. The molecule has 17 heavy (non-hydrogen) atoms. The van der Waals surface area contributed by atoms with E-state index in [4.69, 9.17) is 0 Å². The largest absolute Gasteiger partial charge is 0.481 e. The number of amides is 2. The Bertz CT molecular complexity index is 459. The van der Waals surface area contributed by atoms with Crippen LogP contribution in [-0.4, -0.2) is 35.6 Å². The molecule has 0 saturated heterocycles. The Hall–Kier alpha value is -2.04. The van der Waals surface area contributed by atoms with Gasteiger partial charge in [0.25, 0.3) is 0 Å². The highest BCUT2D eigenvalue weighted by atomic mass is 16.4. The van der Waals surface area contributed by atoms with E-state index in [1.165, 1.54) is 4.90 Å². The standard InChI is InChI=1S/C12H14N2O3/c1-13-12(17)14-6-8-4-2-3-5-9(8)10(7-14)11(15)16/h2-5,10H,6-7H2,1H3,(H,13,17)(H,15,16). The van der Waals surface area contributed by atoms with Gasteiger partial charge in [-0.15, -0.1) is 0 Å². The Morgan fingerprint density at radius 3 is 2.76 bits per heavy atom. The minimum atomic E-state index is -0.897. The molecule has 0 bridgehead atoms. The fraction of sp³-hybridized carbons (Fsp3) is 0.333. The molecule has 1 aromatic carbocycles. The van der Waals surface area contributed by atoms with Crippen molar-refractivity contribution in [2.45, 2.75) is 12.5 Å². The summed E-state index contributed by atoms with van der Waals surface area (Å²) in [6, 6.07) is 7.11. The molecular weight excluding hydrogens is 220 g/mol. The van der Waals surface area contributed by atoms with Crippen molar-refractivity contribution in [2.75, 3.05) is 13.6 Å². The molecule has 90 valence electrons. The van der Waals surface area contributed by atoms with E-state index >= 15 is 0 Å². The average Bonchev–Trinajstić information content (AvgIpc) is 2.36. The van der Waals surface area contributed by atoms with Gasteiger partial charge in [-0.1, -0.05) is 24.3 Å². The number of hydrogen-bond donors (Lipinski definition) is 2. The molecule has 2 amide bonds. The number of carboxylic acid groups (broad SMARTS) is 1. The van der Waals surface area contributed by atoms with Gasteiger partial charge in [-0.3, -0.25) is 4.79 Å². The van der Waals surface area contributed by atoms with Crippen LogP contribution in [0.15, 0.2) is 24.3 Å². The summed E-state index contributed by atoms with van der Waals surface area (Å²) in [7, 11) is 1.54. The molecule has 2 rings (SSSR count). The summed E-state index contributed by atoms with van der Waals surface area (Å²) in [5, 5.41) is 11.7. The molecule has 1 heterocycles. The lowest BCUT2D eigenvalue weighted by molar-refractivity contribution is -0.139. The maximum atomic E-state index is 11.6. The molecule has 0 fully saturated rings. The number of hydrogen-bond acceptors (Lipinski definition) is 2. The fourth-order valence-electron chi connectivity index (χ4n) is 2.13. The smallest absolute Gasteiger partial charge is 0.317 e. The number of nitrogens with zero attached hydrogens (tertiary/aromatic N) is 1. The van der Waals surface area contributed by atoms with Gasteiger partial charge in [-0.2, -0.15) is 0 Å². The summed E-state index contributed by atoms with van der Waals surface area (Å²) in [6.07, 6.45) is 0. The number of fused-ring (bicyclic) bond motifs is 1. The van der Waals surface area contributed by atoms with Crippen LogP contribution in [0.2, 0.25) is 0 Å². The second-order valence-corrected chi connectivity index (χ2v) is 4.03. The quantitative estimate of drug-likeness (QED) is 0.762. The monoisotopic (exact) mass is 234 g/mol. The Morgan fingerprint density at radius 1 is 1.41 bits per heavy atom. The van der Waals surface area contributed by atoms with Crippen LogP contribution in [0, 0.1) is 0 Å². The number of urea groups is 1. The predicted molar refractivity (Wildman–Crippen MR) is 61.7 cm³/mol. The van der Waals surface area contributed by atoms with E-state index in [-0.39, 0.29) is 12.6 Å². The number of rotatable bonds is 1. The molecule has 0 spiro atoms. The number of benzene rings is 1. The van der Waals surface area contributed by atoms with Crippen molar-refractivity contribution in [1.29, 1.82) is 0 Å². The van der Waals surface area contributed by atoms with E-state index in [9.17, 15) is 14.7 Å². The van der Waals surface area contributed by atoms with E-state index in [0.29, 0.717) is 6.54 Å². The molecule has 5 nitrogen and oxygen atoms in total. The number of nitrogens with one attached hydrogen (secondary N) is 1. The van der Waals surface area contributed by atoms with Crippen molar-refractivity contribution in [2.24, 2.45) is 0 Å². The molecule has 0 radical (unpaired) electrons. The topological polar surface area (TPSA) is 69.6 Å². The molecule has 1 atom stereocenters. The van der Waals surface area contributed by atoms with Crippen molar-refractivity contribution in [3.05, 3.63) is 35.4 Å². The second kappa shape index (κ2) is 4.45. The zero-order valence-corrected chi connectivity index (χ0v) is 9.51. The van der Waals surface area contributed by atoms with E-state index in [2.05, 4.69) is 5.32 Å². The Kier molecular flexibility index (Phi) is 2.99. The van der Waals surface area contributed by atoms with Gasteiger partial charge in [0.1, 0.15) is 0 Å². The van der Waals surface area contributed by atoms with E-state index in [0.717, 1.165) is 11.1 Å². The SMILES string of the molecule is CNC(=O)N1Cc2ccccc2C(C(=O)O)C1. The number of aliphatic carboxylic acids is 1. The Labute approximate surface area is 99.0 Å². The summed E-state index contributed by atoms with van der Waals surface area (Å²) >= 11 is 0. The molecule has 2 N–H and O–H groups in total. The summed E-state index contributed by atoms with van der Waals surface area (Å²) in [6.45, 7) is 0.672. The average molecular weight is 234 g/mol. The van der Waals surface area contributed by atoms with Crippen molar-refractivity contribution in [1.82, 2.24) is 10.2 Å². The molecule has 0 saturated carbocycles. The lowest BCUT2D eigenvalue weighted by Gasteiger charge is -2.32. The second-order valence-electron chi connectivity index (χ2n) is 4.03. The maximum absolute atomic E-state index is 11.6. The Balaban J connectivity index is 2.36. The molecule has 1 aliphatic heterocycles. The van der Waals surface area contributed by atoms with E-state index in [1.807, 2.05) is 24.3 Å². The zero-order chi connectivity index (χ0) is 12.4. The molecule has 5 heteroatoms. The van der Waals surface area contributed by atoms with E-state index in [1.54, 1.807) is 7.05 Å². The van der Waals surface area contributed by atoms with Crippen LogP contribution >= 0.6 is 0 Å². The number of carbonyl (C=O) groups is 2. The Morgan fingerprint density at radius 2 is 2.12 bits per heavy atom. The van der Waals surface area contributed by atoms with Gasteiger partial charge < -0.3 is 15.3 Å². The third kappa shape index (κ3) is 2.08. The summed E-state index contributed by atoms with van der Waals surface area (Å²) in [5.74, 6) is -1.54. The van der Waals surface area contributed by atoms with Crippen LogP contribution in [0.3, 0.4) is 0 Å². The summed E-state index contributed by atoms with van der Waals surface area (Å²) in [5.41, 5.74) is 1.70. The minimum Gasteiger partial charge on any atom is -0.481 e. The number of carboxylic acids is 1. The van der Waals surface area contributed by atoms with Gasteiger partial charge in [0.05, 0.1) is 5.92 Å². The van der Waals surface area contributed by atoms with Crippen molar-refractivity contribution in [3.63, 3.8) is 0 Å². The third-order valence-corrected chi connectivity index (χ3v) is 2.99. The molecular formula is C12H14N2O3. The zero-order valence-electron chi connectivity index (χ0n) is 9.51. The van der Waals surface area contributed by atoms with Crippen molar-refractivity contribution < 1.29 is 14.7 Å². The molecule has 0 aliphatic carbocycles. The molecule has 1 aliphatic rings. The van der Waals surface area contributed by atoms with Crippen molar-refractivity contribution >= 4 is 12.0 Å². The number of carbonyl (C=O) groups excluding carboxylic acids is 1. The van der Waals surface area contributed by atoms with Crippen LogP contribution in [0.25, 0.3) is 0 Å². The highest BCUT2D eigenvalue weighted by Crippen LogP contribution is 2.28. The van der Waals surface area contributed by atoms with Gasteiger partial charge >= 0.3 is 12.0 Å². The predicted octanol–water partition coefficient (Wildman–Crippen LogP) is 1.01. The summed E-state index contributed by atoms with van der Waals surface area (Å²) < 4.78 is 0. The van der Waals surface area contributed by atoms with Crippen LogP contribution in [0.4, 0.5) is 4.79 Å². The van der Waals surface area contributed by atoms with Crippen LogP contribution < -0.4 is 5.32 Å². The first-order valence-corrected chi connectivity index (χ1v) is 5.40. The third-order valence-electron chi connectivity index (χ3n) is 2.99. The first-order chi connectivity index (χ1) is 8.13. The van der Waals surface area contributed by atoms with Gasteiger partial charge in [-0.25, -0.2) is 4.79 Å². The van der Waals surface area contributed by atoms with Gasteiger partial charge in [-0.05, 0) is 11.1 Å². The first-order valence-electron chi connectivity index (χ1n) is 5.40. The van der Waals surface area contributed by atoms with Gasteiger partial charge in [0.15, 0.2) is 0 Å². The van der Waals surface area contributed by atoms with Gasteiger partial charge in [0.2, 0.25) is 0 Å². The van der Waals surface area contributed by atoms with Crippen LogP contribution in [0.1, 0.15) is 17.0 Å². The minimum absolute atomic E-state index is 0.214. The highest BCUT2D eigenvalue weighted by Gasteiger charge is 2.31. The summed E-state index contributed by atoms with van der Waals surface area (Å²) in [4.78, 5) is 24.3. The van der Waals surface area contributed by atoms with Gasteiger partial charge in [0, 0.05) is 20.1 Å². The normalized spacial score (nSPS) is 18.4. The molecule has 1 unspecified atom stereocenters. The van der Waals surface area contributed by atoms with E-state index < -0.39 is 11.9 Å². The first kappa shape index (κ1) is 11.4. The molecule has 0 aromatic heterocycles. The fourth-order valence-corrected chi connectivity index (χ4v) is 2.13. The lowest BCUT2D eigenvalue weighted by atomic mass is 9.90. The van der Waals surface area contributed by atoms with Crippen LogP contribution in [-0.2, 0) is 11.3 Å².